The minimum atomic E-state index is 0. The lowest BCUT2D eigenvalue weighted by atomic mass is 9.92. The van der Waals surface area contributed by atoms with Gasteiger partial charge in [-0.2, -0.15) is 0 Å². The molecule has 1 aromatic heterocycles. The number of benzene rings is 2. The summed E-state index contributed by atoms with van der Waals surface area (Å²) in [5.74, 6) is 0. The van der Waals surface area contributed by atoms with Crippen LogP contribution in [0.1, 0.15) is 30.4 Å². The molecule has 0 saturated carbocycles. The SMILES string of the molecule is CN1C=C/C(=C\C=C2/CCCC(/C=C/c3cc[n+](C)c4ccccc34)=C2Cl)c2ccccc21.[I-]. The molecular formula is C30H28ClIN2. The molecule has 0 saturated heterocycles. The number of fused-ring (bicyclic) bond motifs is 2. The van der Waals surface area contributed by atoms with Gasteiger partial charge in [-0.15, -0.1) is 0 Å². The molecule has 2 nitrogen and oxygen atoms in total. The Morgan fingerprint density at radius 2 is 1.74 bits per heavy atom. The van der Waals surface area contributed by atoms with Gasteiger partial charge >= 0.3 is 0 Å². The van der Waals surface area contributed by atoms with E-state index in [-0.39, 0.29) is 24.0 Å². The van der Waals surface area contributed by atoms with E-state index in [2.05, 4.69) is 121 Å². The minimum absolute atomic E-state index is 0. The van der Waals surface area contributed by atoms with Gasteiger partial charge in [-0.1, -0.05) is 66.2 Å². The average Bonchev–Trinajstić information content (AvgIpc) is 2.85. The molecule has 2 aromatic carbocycles. The van der Waals surface area contributed by atoms with Gasteiger partial charge in [0.1, 0.15) is 7.05 Å². The van der Waals surface area contributed by atoms with Crippen LogP contribution in [0, 0.1) is 0 Å². The summed E-state index contributed by atoms with van der Waals surface area (Å²) < 4.78 is 2.16. The number of anilines is 1. The van der Waals surface area contributed by atoms with Crippen molar-refractivity contribution >= 4 is 39.8 Å². The summed E-state index contributed by atoms with van der Waals surface area (Å²) in [4.78, 5) is 2.16. The number of hydrogen-bond acceptors (Lipinski definition) is 1. The fraction of sp³-hybridized carbons (Fsp3) is 0.167. The van der Waals surface area contributed by atoms with Gasteiger partial charge in [0.15, 0.2) is 6.20 Å². The molecule has 1 aliphatic heterocycles. The van der Waals surface area contributed by atoms with Crippen LogP contribution in [0.4, 0.5) is 5.69 Å². The van der Waals surface area contributed by atoms with E-state index in [9.17, 15) is 0 Å². The molecule has 3 aromatic rings. The Kier molecular flexibility index (Phi) is 7.74. The van der Waals surface area contributed by atoms with Crippen molar-refractivity contribution in [2.75, 3.05) is 11.9 Å². The Hall–Kier alpha value is -2.63. The second kappa shape index (κ2) is 10.7. The van der Waals surface area contributed by atoms with Gasteiger partial charge in [0.2, 0.25) is 5.52 Å². The lowest BCUT2D eigenvalue weighted by Crippen LogP contribution is -3.00. The number of hydrogen-bond donors (Lipinski definition) is 0. The molecule has 0 radical (unpaired) electrons. The van der Waals surface area contributed by atoms with Gasteiger partial charge in [-0.05, 0) is 59.8 Å². The number of aromatic nitrogens is 1. The Morgan fingerprint density at radius 3 is 2.62 bits per heavy atom. The Morgan fingerprint density at radius 1 is 0.941 bits per heavy atom. The molecule has 0 bridgehead atoms. The van der Waals surface area contributed by atoms with Crippen molar-refractivity contribution in [2.45, 2.75) is 19.3 Å². The lowest BCUT2D eigenvalue weighted by Gasteiger charge is -2.23. The maximum Gasteiger partial charge on any atom is 0.212 e. The highest BCUT2D eigenvalue weighted by Crippen LogP contribution is 2.35. The van der Waals surface area contributed by atoms with E-state index in [0.29, 0.717) is 0 Å². The molecule has 34 heavy (non-hydrogen) atoms. The highest BCUT2D eigenvalue weighted by Gasteiger charge is 2.16. The Labute approximate surface area is 224 Å². The first-order valence-corrected chi connectivity index (χ1v) is 11.9. The first kappa shape index (κ1) is 24.5. The fourth-order valence-electron chi connectivity index (χ4n) is 4.65. The van der Waals surface area contributed by atoms with Crippen molar-refractivity contribution in [2.24, 2.45) is 7.05 Å². The van der Waals surface area contributed by atoms with Crippen molar-refractivity contribution in [3.05, 3.63) is 119 Å². The van der Waals surface area contributed by atoms with Crippen LogP contribution >= 0.6 is 11.6 Å². The number of nitrogens with zero attached hydrogens (tertiary/aromatic N) is 2. The van der Waals surface area contributed by atoms with E-state index in [4.69, 9.17) is 11.6 Å². The monoisotopic (exact) mass is 578 g/mol. The van der Waals surface area contributed by atoms with Crippen LogP contribution in [0.3, 0.4) is 0 Å². The van der Waals surface area contributed by atoms with E-state index >= 15 is 0 Å². The number of para-hydroxylation sites is 2. The van der Waals surface area contributed by atoms with Gasteiger partial charge in [-0.25, -0.2) is 4.57 Å². The third-order valence-corrected chi connectivity index (χ3v) is 7.02. The lowest BCUT2D eigenvalue weighted by molar-refractivity contribution is -0.644. The first-order chi connectivity index (χ1) is 16.1. The van der Waals surface area contributed by atoms with Crippen LogP contribution in [-0.4, -0.2) is 7.05 Å². The van der Waals surface area contributed by atoms with E-state index in [1.807, 2.05) is 0 Å². The maximum absolute atomic E-state index is 6.90. The topological polar surface area (TPSA) is 7.12 Å². The Bertz CT molecular complexity index is 1380. The molecule has 0 unspecified atom stereocenters. The second-order valence-electron chi connectivity index (χ2n) is 8.68. The van der Waals surface area contributed by atoms with Crippen molar-refractivity contribution in [3.8, 4) is 0 Å². The van der Waals surface area contributed by atoms with Crippen LogP contribution in [0.2, 0.25) is 0 Å². The summed E-state index contributed by atoms with van der Waals surface area (Å²) in [6.45, 7) is 0. The van der Waals surface area contributed by atoms with E-state index < -0.39 is 0 Å². The van der Waals surface area contributed by atoms with Crippen molar-refractivity contribution < 1.29 is 28.5 Å². The average molecular weight is 579 g/mol. The molecule has 0 N–H and O–H groups in total. The molecule has 2 heterocycles. The van der Waals surface area contributed by atoms with Crippen LogP contribution in [-0.2, 0) is 7.05 Å². The summed E-state index contributed by atoms with van der Waals surface area (Å²) in [7, 11) is 4.17. The minimum Gasteiger partial charge on any atom is -1.00 e. The molecule has 0 fully saturated rings. The first-order valence-electron chi connectivity index (χ1n) is 11.5. The number of allylic oxidation sites excluding steroid dienone is 8. The van der Waals surface area contributed by atoms with Crippen molar-refractivity contribution in [3.63, 3.8) is 0 Å². The number of halogens is 2. The summed E-state index contributed by atoms with van der Waals surface area (Å²) in [6.07, 6.45) is 18.3. The molecule has 172 valence electrons. The molecule has 0 atom stereocenters. The Balaban J connectivity index is 0.00000274. The molecule has 4 heteroatoms. The van der Waals surface area contributed by atoms with Crippen LogP contribution in [0.25, 0.3) is 22.6 Å². The highest BCUT2D eigenvalue weighted by atomic mass is 127. The number of aryl methyl sites for hydroxylation is 1. The molecule has 0 amide bonds. The van der Waals surface area contributed by atoms with Crippen LogP contribution < -0.4 is 33.4 Å². The van der Waals surface area contributed by atoms with Crippen molar-refractivity contribution in [1.82, 2.24) is 0 Å². The summed E-state index contributed by atoms with van der Waals surface area (Å²) in [6, 6.07) is 19.2. The third-order valence-electron chi connectivity index (χ3n) is 6.53. The van der Waals surface area contributed by atoms with Crippen LogP contribution in [0.5, 0.6) is 0 Å². The zero-order valence-corrected chi connectivity index (χ0v) is 22.4. The molecule has 1 aliphatic carbocycles. The van der Waals surface area contributed by atoms with Gasteiger partial charge in [0.05, 0.1) is 5.39 Å². The molecule has 0 spiro atoms. The van der Waals surface area contributed by atoms with E-state index in [1.54, 1.807) is 0 Å². The third kappa shape index (κ3) is 4.91. The zero-order valence-electron chi connectivity index (χ0n) is 19.5. The maximum atomic E-state index is 6.90. The number of pyridine rings is 1. The zero-order chi connectivity index (χ0) is 22.8. The highest BCUT2D eigenvalue weighted by molar-refractivity contribution is 6.32. The summed E-state index contributed by atoms with van der Waals surface area (Å²) in [5, 5.41) is 2.14. The summed E-state index contributed by atoms with van der Waals surface area (Å²) >= 11 is 6.90. The molecular weight excluding hydrogens is 551 g/mol. The van der Waals surface area contributed by atoms with Crippen LogP contribution in [0.15, 0.2) is 107 Å². The van der Waals surface area contributed by atoms with Gasteiger partial charge in [0.25, 0.3) is 0 Å². The molecule has 2 aliphatic rings. The van der Waals surface area contributed by atoms with Gasteiger partial charge in [0, 0.05) is 41.7 Å². The summed E-state index contributed by atoms with van der Waals surface area (Å²) in [5.41, 5.74) is 8.55. The van der Waals surface area contributed by atoms with Crippen molar-refractivity contribution in [1.29, 1.82) is 0 Å². The quantitative estimate of drug-likeness (QED) is 0.332. The standard InChI is InChI=1S/C30H28ClN2.HI/c1-32-20-18-22(26-10-3-5-12-28(26)32)14-16-24-8-7-9-25(30(24)31)17-15-23-19-21-33(2)29-13-6-4-11-27(23)29;/h3-6,10-21H,7-9H2,1-2H3;1H/q+1;/p-1. The fourth-order valence-corrected chi connectivity index (χ4v) is 4.97. The smallest absolute Gasteiger partial charge is 0.212 e. The van der Waals surface area contributed by atoms with E-state index in [0.717, 1.165) is 24.3 Å². The normalized spacial score (nSPS) is 18.1. The van der Waals surface area contributed by atoms with Gasteiger partial charge < -0.3 is 28.9 Å². The predicted octanol–water partition coefficient (Wildman–Crippen LogP) is 4.33. The van der Waals surface area contributed by atoms with Gasteiger partial charge in [-0.3, -0.25) is 0 Å². The molecule has 5 rings (SSSR count). The largest absolute Gasteiger partial charge is 1.00 e. The predicted molar refractivity (Wildman–Crippen MR) is 141 cm³/mol. The van der Waals surface area contributed by atoms with E-state index in [1.165, 1.54) is 44.4 Å². The second-order valence-corrected chi connectivity index (χ2v) is 9.06. The number of rotatable bonds is 3.